The fraction of sp³-hybridized carbons (Fsp3) is 0. The van der Waals surface area contributed by atoms with Crippen LogP contribution in [0.4, 0.5) is 0 Å². The third-order valence-corrected chi connectivity index (χ3v) is 3.60. The van der Waals surface area contributed by atoms with Crippen LogP contribution < -0.4 is 0 Å². The number of halogens is 2. The standard InChI is InChI=1S/C6H4ClN3.C5H3IN4/c7-5-4-1-2-8-6(4)10-3-9-5;6-4-3-5(9-1-7-3)10-2-8-4/h1-3H,(H,8,9,10);1-2H,(H,7,8,9,10). The van der Waals surface area contributed by atoms with Gasteiger partial charge in [0, 0.05) is 6.20 Å². The summed E-state index contributed by atoms with van der Waals surface area (Å²) in [6.45, 7) is 0. The second kappa shape index (κ2) is 5.67. The van der Waals surface area contributed by atoms with Gasteiger partial charge in [0.1, 0.15) is 32.7 Å². The fourth-order valence-corrected chi connectivity index (χ4v) is 2.29. The minimum atomic E-state index is 0.492. The molecule has 0 amide bonds. The van der Waals surface area contributed by atoms with E-state index in [-0.39, 0.29) is 0 Å². The van der Waals surface area contributed by atoms with E-state index in [1.54, 1.807) is 12.5 Å². The zero-order chi connectivity index (χ0) is 13.9. The van der Waals surface area contributed by atoms with E-state index >= 15 is 0 Å². The molecule has 0 bridgehead atoms. The maximum absolute atomic E-state index is 5.73. The van der Waals surface area contributed by atoms with Gasteiger partial charge in [-0.3, -0.25) is 0 Å². The Hall–Kier alpha value is -1.81. The van der Waals surface area contributed by atoms with Crippen LogP contribution in [-0.4, -0.2) is 34.9 Å². The monoisotopic (exact) mass is 399 g/mol. The summed E-state index contributed by atoms with van der Waals surface area (Å²) >= 11 is 7.86. The molecule has 0 spiro atoms. The van der Waals surface area contributed by atoms with Crippen LogP contribution in [0.25, 0.3) is 22.2 Å². The number of aromatic amines is 2. The molecule has 0 fully saturated rings. The summed E-state index contributed by atoms with van der Waals surface area (Å²) in [6.07, 6.45) is 6.33. The first kappa shape index (κ1) is 13.2. The number of fused-ring (bicyclic) bond motifs is 2. The lowest BCUT2D eigenvalue weighted by molar-refractivity contribution is 1.17. The number of rotatable bonds is 0. The second-order valence-electron chi connectivity index (χ2n) is 3.67. The van der Waals surface area contributed by atoms with Crippen molar-refractivity contribution in [2.45, 2.75) is 0 Å². The molecule has 4 aromatic rings. The Morgan fingerprint density at radius 2 is 1.85 bits per heavy atom. The van der Waals surface area contributed by atoms with Crippen molar-refractivity contribution in [3.8, 4) is 0 Å². The molecule has 0 saturated carbocycles. The Balaban J connectivity index is 0.000000121. The SMILES string of the molecule is Clc1ncnc2[nH]ccc12.Ic1ncnc2nc[nH]c12. The first-order valence-corrected chi connectivity index (χ1v) is 6.94. The zero-order valence-electron chi connectivity index (χ0n) is 9.88. The van der Waals surface area contributed by atoms with Gasteiger partial charge >= 0.3 is 0 Å². The highest BCUT2D eigenvalue weighted by Crippen LogP contribution is 2.16. The normalized spacial score (nSPS) is 10.5. The van der Waals surface area contributed by atoms with Crippen LogP contribution in [0, 0.1) is 3.70 Å². The van der Waals surface area contributed by atoms with E-state index in [0.29, 0.717) is 5.15 Å². The number of H-pyrrole nitrogens is 2. The Kier molecular flexibility index (Phi) is 3.74. The number of hydrogen-bond acceptors (Lipinski definition) is 5. The van der Waals surface area contributed by atoms with E-state index < -0.39 is 0 Å². The summed E-state index contributed by atoms with van der Waals surface area (Å²) in [4.78, 5) is 25.5. The van der Waals surface area contributed by atoms with Crippen molar-refractivity contribution in [2.75, 3.05) is 0 Å². The van der Waals surface area contributed by atoms with Crippen LogP contribution in [0.15, 0.2) is 31.2 Å². The molecule has 100 valence electrons. The van der Waals surface area contributed by atoms with Gasteiger partial charge in [0.15, 0.2) is 5.65 Å². The molecule has 0 aliphatic carbocycles. The van der Waals surface area contributed by atoms with Crippen LogP contribution in [0.3, 0.4) is 0 Å². The highest BCUT2D eigenvalue weighted by atomic mass is 127. The summed E-state index contributed by atoms with van der Waals surface area (Å²) in [7, 11) is 0. The molecule has 4 rings (SSSR count). The van der Waals surface area contributed by atoms with Crippen LogP contribution in [-0.2, 0) is 0 Å². The lowest BCUT2D eigenvalue weighted by Gasteiger charge is -1.88. The van der Waals surface area contributed by atoms with Crippen molar-refractivity contribution in [3.05, 3.63) is 40.1 Å². The predicted octanol–water partition coefficient (Wildman–Crippen LogP) is 2.57. The lowest BCUT2D eigenvalue weighted by Crippen LogP contribution is -1.84. The zero-order valence-corrected chi connectivity index (χ0v) is 12.8. The maximum atomic E-state index is 5.73. The Labute approximate surface area is 131 Å². The van der Waals surface area contributed by atoms with Crippen molar-refractivity contribution in [3.63, 3.8) is 0 Å². The van der Waals surface area contributed by atoms with E-state index in [9.17, 15) is 0 Å². The molecule has 9 heteroatoms. The Bertz CT molecular complexity index is 784. The highest BCUT2D eigenvalue weighted by Gasteiger charge is 2.00. The molecule has 2 N–H and O–H groups in total. The summed E-state index contributed by atoms with van der Waals surface area (Å²) in [5.41, 5.74) is 2.41. The third-order valence-electron chi connectivity index (χ3n) is 2.48. The maximum Gasteiger partial charge on any atom is 0.181 e. The van der Waals surface area contributed by atoms with E-state index in [1.807, 2.05) is 6.07 Å². The van der Waals surface area contributed by atoms with Crippen LogP contribution in [0.2, 0.25) is 5.15 Å². The predicted molar refractivity (Wildman–Crippen MR) is 83.3 cm³/mol. The number of aromatic nitrogens is 7. The number of hydrogen-bond donors (Lipinski definition) is 2. The van der Waals surface area contributed by atoms with E-state index in [1.165, 1.54) is 12.7 Å². The number of nitrogens with zero attached hydrogens (tertiary/aromatic N) is 5. The minimum absolute atomic E-state index is 0.492. The minimum Gasteiger partial charge on any atom is -0.346 e. The molecule has 0 saturated heterocycles. The van der Waals surface area contributed by atoms with Crippen LogP contribution in [0.1, 0.15) is 0 Å². The van der Waals surface area contributed by atoms with Gasteiger partial charge in [0.2, 0.25) is 0 Å². The van der Waals surface area contributed by atoms with Crippen LogP contribution >= 0.6 is 34.2 Å². The molecule has 4 heterocycles. The van der Waals surface area contributed by atoms with E-state index in [4.69, 9.17) is 11.6 Å². The van der Waals surface area contributed by atoms with Gasteiger partial charge in [-0.05, 0) is 28.7 Å². The molecule has 0 aliphatic rings. The Morgan fingerprint density at radius 3 is 2.65 bits per heavy atom. The van der Waals surface area contributed by atoms with Crippen molar-refractivity contribution >= 4 is 56.4 Å². The molecular formula is C11H7ClIN7. The summed E-state index contributed by atoms with van der Waals surface area (Å²) in [5.74, 6) is 0. The van der Waals surface area contributed by atoms with Crippen molar-refractivity contribution in [1.29, 1.82) is 0 Å². The largest absolute Gasteiger partial charge is 0.346 e. The van der Waals surface area contributed by atoms with Gasteiger partial charge in [-0.1, -0.05) is 11.6 Å². The average molecular weight is 400 g/mol. The third kappa shape index (κ3) is 2.56. The summed E-state index contributed by atoms with van der Waals surface area (Å²) < 4.78 is 0.903. The topological polar surface area (TPSA) is 96.0 Å². The van der Waals surface area contributed by atoms with Gasteiger partial charge in [-0.15, -0.1) is 0 Å². The van der Waals surface area contributed by atoms with Crippen molar-refractivity contribution in [1.82, 2.24) is 34.9 Å². The smallest absolute Gasteiger partial charge is 0.181 e. The average Bonchev–Trinajstić information content (AvgIpc) is 3.08. The summed E-state index contributed by atoms with van der Waals surface area (Å²) in [5, 5.41) is 1.36. The molecule has 4 aromatic heterocycles. The molecule has 0 aliphatic heterocycles. The number of imidazole rings is 1. The van der Waals surface area contributed by atoms with Gasteiger partial charge in [0.25, 0.3) is 0 Å². The quantitative estimate of drug-likeness (QED) is 0.350. The van der Waals surface area contributed by atoms with Crippen molar-refractivity contribution < 1.29 is 0 Å². The Morgan fingerprint density at radius 1 is 1.00 bits per heavy atom. The molecule has 20 heavy (non-hydrogen) atoms. The van der Waals surface area contributed by atoms with Crippen LogP contribution in [0.5, 0.6) is 0 Å². The first-order chi connectivity index (χ1) is 9.75. The second-order valence-corrected chi connectivity index (χ2v) is 5.05. The van der Waals surface area contributed by atoms with Gasteiger partial charge in [-0.2, -0.15) is 0 Å². The highest BCUT2D eigenvalue weighted by molar-refractivity contribution is 14.1. The van der Waals surface area contributed by atoms with E-state index in [2.05, 4.69) is 57.5 Å². The fourth-order valence-electron chi connectivity index (χ4n) is 1.58. The van der Waals surface area contributed by atoms with E-state index in [0.717, 1.165) is 25.9 Å². The van der Waals surface area contributed by atoms with Gasteiger partial charge in [-0.25, -0.2) is 24.9 Å². The molecule has 0 aromatic carbocycles. The number of nitrogens with one attached hydrogen (secondary N) is 2. The molecular weight excluding hydrogens is 393 g/mol. The van der Waals surface area contributed by atoms with Gasteiger partial charge in [0.05, 0.1) is 11.7 Å². The van der Waals surface area contributed by atoms with Gasteiger partial charge < -0.3 is 9.97 Å². The molecule has 0 radical (unpaired) electrons. The first-order valence-electron chi connectivity index (χ1n) is 5.49. The lowest BCUT2D eigenvalue weighted by atomic mass is 10.4. The molecule has 7 nitrogen and oxygen atoms in total. The molecule has 0 atom stereocenters. The van der Waals surface area contributed by atoms with Crippen molar-refractivity contribution in [2.24, 2.45) is 0 Å². The molecule has 0 unspecified atom stereocenters. The summed E-state index contributed by atoms with van der Waals surface area (Å²) in [6, 6.07) is 1.84.